The summed E-state index contributed by atoms with van der Waals surface area (Å²) in [5.74, 6) is -1.27. The van der Waals surface area contributed by atoms with Gasteiger partial charge in [-0.3, -0.25) is 9.59 Å². The number of rotatable bonds is 6. The maximum absolute atomic E-state index is 13.4. The van der Waals surface area contributed by atoms with E-state index in [-0.39, 0.29) is 46.8 Å². The molecular formula is C27H26ClN3O7S. The van der Waals surface area contributed by atoms with E-state index in [0.717, 1.165) is 11.1 Å². The van der Waals surface area contributed by atoms with Crippen molar-refractivity contribution in [2.45, 2.75) is 17.9 Å². The first kappa shape index (κ1) is 26.9. The predicted molar refractivity (Wildman–Crippen MR) is 141 cm³/mol. The number of sulfonamides is 1. The van der Waals surface area contributed by atoms with Crippen molar-refractivity contribution >= 4 is 39.4 Å². The van der Waals surface area contributed by atoms with Crippen molar-refractivity contribution in [3.63, 3.8) is 0 Å². The van der Waals surface area contributed by atoms with Gasteiger partial charge < -0.3 is 19.0 Å². The molecule has 2 aliphatic rings. The zero-order valence-corrected chi connectivity index (χ0v) is 22.5. The topological polar surface area (TPSA) is 117 Å². The number of carbonyl (C=O) groups is 3. The third-order valence-electron chi connectivity index (χ3n) is 6.86. The van der Waals surface area contributed by atoms with Crippen molar-refractivity contribution < 1.29 is 32.0 Å². The van der Waals surface area contributed by atoms with Gasteiger partial charge in [0, 0.05) is 39.3 Å². The van der Waals surface area contributed by atoms with E-state index in [1.807, 2.05) is 24.3 Å². The van der Waals surface area contributed by atoms with Gasteiger partial charge in [0.1, 0.15) is 4.90 Å². The highest BCUT2D eigenvalue weighted by Gasteiger charge is 2.31. The summed E-state index contributed by atoms with van der Waals surface area (Å²) in [6, 6.07) is 14.7. The van der Waals surface area contributed by atoms with Crippen LogP contribution in [0.5, 0.6) is 0 Å². The lowest BCUT2D eigenvalue weighted by Gasteiger charge is -2.34. The minimum Gasteiger partial charge on any atom is -0.459 e. The average Bonchev–Trinajstić information content (AvgIpc) is 3.50. The summed E-state index contributed by atoms with van der Waals surface area (Å²) in [6.45, 7) is 1.18. The number of nitrogens with zero attached hydrogens (tertiary/aromatic N) is 3. The Morgan fingerprint density at radius 1 is 0.897 bits per heavy atom. The monoisotopic (exact) mass is 571 g/mol. The Morgan fingerprint density at radius 3 is 2.33 bits per heavy atom. The van der Waals surface area contributed by atoms with Crippen molar-refractivity contribution in [3.05, 3.63) is 88.3 Å². The van der Waals surface area contributed by atoms with Crippen LogP contribution in [-0.2, 0) is 32.5 Å². The molecule has 204 valence electrons. The molecule has 3 heterocycles. The van der Waals surface area contributed by atoms with Crippen molar-refractivity contribution in [1.82, 2.24) is 14.1 Å². The number of piperazine rings is 1. The lowest BCUT2D eigenvalue weighted by atomic mass is 10.0. The summed E-state index contributed by atoms with van der Waals surface area (Å²) in [6.07, 6.45) is 2.00. The number of fused-ring (bicyclic) bond motifs is 1. The molecule has 0 atom stereocenters. The number of benzene rings is 2. The summed E-state index contributed by atoms with van der Waals surface area (Å²) in [4.78, 5) is 40.6. The average molecular weight is 572 g/mol. The fraction of sp³-hybridized carbons (Fsp3) is 0.296. The van der Waals surface area contributed by atoms with Crippen molar-refractivity contribution in [2.24, 2.45) is 0 Å². The summed E-state index contributed by atoms with van der Waals surface area (Å²) < 4.78 is 38.5. The van der Waals surface area contributed by atoms with Gasteiger partial charge in [-0.1, -0.05) is 35.9 Å². The van der Waals surface area contributed by atoms with Crippen LogP contribution in [0.2, 0.25) is 5.02 Å². The summed E-state index contributed by atoms with van der Waals surface area (Å²) in [5.41, 5.74) is 1.99. The Kier molecular flexibility index (Phi) is 7.74. The molecule has 2 aromatic carbocycles. The standard InChI is InChI=1S/C27H26ClN3O7S/c28-22-8-7-20(16-24(22)39(35,36)31-10-9-19-4-1-2-5-21(19)17-31)27(34)38-18-25(32)29-11-13-30(14-12-29)26(33)23-6-3-15-37-23/h1-8,15-16H,9-14,17-18H2. The molecule has 2 aliphatic heterocycles. The van der Waals surface area contributed by atoms with E-state index >= 15 is 0 Å². The highest BCUT2D eigenvalue weighted by molar-refractivity contribution is 7.89. The van der Waals surface area contributed by atoms with Gasteiger partial charge in [-0.15, -0.1) is 0 Å². The second-order valence-corrected chi connectivity index (χ2v) is 11.5. The second kappa shape index (κ2) is 11.2. The van der Waals surface area contributed by atoms with Crippen LogP contribution < -0.4 is 0 Å². The van der Waals surface area contributed by atoms with Gasteiger partial charge in [0.2, 0.25) is 10.0 Å². The molecule has 0 saturated carbocycles. The molecule has 39 heavy (non-hydrogen) atoms. The first-order valence-electron chi connectivity index (χ1n) is 12.4. The SMILES string of the molecule is O=C(OCC(=O)N1CCN(C(=O)c2ccco2)CC1)c1ccc(Cl)c(S(=O)(=O)N2CCc3ccccc3C2)c1. The predicted octanol–water partition coefficient (Wildman–Crippen LogP) is 2.82. The van der Waals surface area contributed by atoms with Crippen LogP contribution in [0.25, 0.3) is 0 Å². The fourth-order valence-corrected chi connectivity index (χ4v) is 6.58. The Morgan fingerprint density at radius 2 is 1.62 bits per heavy atom. The highest BCUT2D eigenvalue weighted by Crippen LogP contribution is 2.30. The van der Waals surface area contributed by atoms with E-state index in [9.17, 15) is 22.8 Å². The Bertz CT molecular complexity index is 1500. The number of esters is 1. The van der Waals surface area contributed by atoms with E-state index in [0.29, 0.717) is 26.1 Å². The van der Waals surface area contributed by atoms with Gasteiger partial charge in [-0.2, -0.15) is 4.31 Å². The lowest BCUT2D eigenvalue weighted by molar-refractivity contribution is -0.136. The minimum absolute atomic E-state index is 0.0107. The molecule has 10 nitrogen and oxygen atoms in total. The molecular weight excluding hydrogens is 546 g/mol. The van der Waals surface area contributed by atoms with Crippen LogP contribution in [0, 0.1) is 0 Å². The number of furan rings is 1. The van der Waals surface area contributed by atoms with Gasteiger partial charge in [-0.25, -0.2) is 13.2 Å². The van der Waals surface area contributed by atoms with Crippen LogP contribution in [0.15, 0.2) is 70.2 Å². The minimum atomic E-state index is -3.99. The number of carbonyl (C=O) groups excluding carboxylic acids is 3. The third kappa shape index (κ3) is 5.70. The van der Waals surface area contributed by atoms with Crippen LogP contribution >= 0.6 is 11.6 Å². The summed E-state index contributed by atoms with van der Waals surface area (Å²) in [5, 5.41) is -0.0107. The van der Waals surface area contributed by atoms with Crippen LogP contribution in [-0.4, -0.2) is 79.6 Å². The number of halogens is 1. The Balaban J connectivity index is 1.19. The van der Waals surface area contributed by atoms with Gasteiger partial charge in [0.15, 0.2) is 12.4 Å². The van der Waals surface area contributed by atoms with Crippen LogP contribution in [0.1, 0.15) is 32.0 Å². The van der Waals surface area contributed by atoms with E-state index in [4.69, 9.17) is 20.8 Å². The maximum atomic E-state index is 13.4. The first-order valence-corrected chi connectivity index (χ1v) is 14.2. The Hall–Kier alpha value is -3.67. The molecule has 0 bridgehead atoms. The van der Waals surface area contributed by atoms with Gasteiger partial charge in [0.05, 0.1) is 16.8 Å². The summed E-state index contributed by atoms with van der Waals surface area (Å²) >= 11 is 6.25. The lowest BCUT2D eigenvalue weighted by Crippen LogP contribution is -2.51. The smallest absolute Gasteiger partial charge is 0.338 e. The summed E-state index contributed by atoms with van der Waals surface area (Å²) in [7, 11) is -3.99. The fourth-order valence-electron chi connectivity index (χ4n) is 4.66. The Labute approximate surface area is 230 Å². The molecule has 0 unspecified atom stereocenters. The number of amides is 2. The molecule has 0 aliphatic carbocycles. The van der Waals surface area contributed by atoms with E-state index < -0.39 is 28.5 Å². The zero-order valence-electron chi connectivity index (χ0n) is 20.9. The maximum Gasteiger partial charge on any atom is 0.338 e. The van der Waals surface area contributed by atoms with Crippen molar-refractivity contribution in [2.75, 3.05) is 39.3 Å². The van der Waals surface area contributed by atoms with Gasteiger partial charge in [0.25, 0.3) is 11.8 Å². The quantitative estimate of drug-likeness (QED) is 0.418. The third-order valence-corrected chi connectivity index (χ3v) is 9.19. The molecule has 1 fully saturated rings. The van der Waals surface area contributed by atoms with E-state index in [1.165, 1.54) is 33.7 Å². The highest BCUT2D eigenvalue weighted by atomic mass is 35.5. The number of hydrogen-bond acceptors (Lipinski definition) is 7. The van der Waals surface area contributed by atoms with E-state index in [2.05, 4.69) is 0 Å². The molecule has 12 heteroatoms. The van der Waals surface area contributed by atoms with E-state index in [1.54, 1.807) is 17.0 Å². The van der Waals surface area contributed by atoms with Gasteiger partial charge >= 0.3 is 5.97 Å². The molecule has 2 amide bonds. The normalized spacial score (nSPS) is 16.0. The second-order valence-electron chi connectivity index (χ2n) is 9.23. The van der Waals surface area contributed by atoms with Crippen molar-refractivity contribution in [3.8, 4) is 0 Å². The van der Waals surface area contributed by atoms with Crippen molar-refractivity contribution in [1.29, 1.82) is 0 Å². The molecule has 5 rings (SSSR count). The van der Waals surface area contributed by atoms with Crippen LogP contribution in [0.3, 0.4) is 0 Å². The number of ether oxygens (including phenoxy) is 1. The zero-order chi connectivity index (χ0) is 27.6. The molecule has 0 radical (unpaired) electrons. The van der Waals surface area contributed by atoms with Gasteiger partial charge in [-0.05, 0) is 47.9 Å². The number of hydrogen-bond donors (Lipinski definition) is 0. The molecule has 0 spiro atoms. The largest absolute Gasteiger partial charge is 0.459 e. The molecule has 1 saturated heterocycles. The molecule has 0 N–H and O–H groups in total. The molecule has 3 aromatic rings. The molecule has 1 aromatic heterocycles. The van der Waals surface area contributed by atoms with Crippen LogP contribution in [0.4, 0.5) is 0 Å². The first-order chi connectivity index (χ1) is 18.7.